The predicted molar refractivity (Wildman–Crippen MR) is 115 cm³/mol. The first-order chi connectivity index (χ1) is 13.2. The van der Waals surface area contributed by atoms with Crippen LogP contribution in [-0.2, 0) is 14.3 Å². The van der Waals surface area contributed by atoms with Crippen molar-refractivity contribution in [2.45, 2.75) is 93.5 Å². The number of carbonyl (C=O) groups excluding carboxylic acids is 2. The minimum absolute atomic E-state index is 0.0495. The smallest absolute Gasteiger partial charge is 0.410 e. The summed E-state index contributed by atoms with van der Waals surface area (Å²) in [6.07, 6.45) is 4.81. The van der Waals surface area contributed by atoms with E-state index in [0.717, 1.165) is 19.3 Å². The number of nitrogens with zero attached hydrogens (tertiary/aromatic N) is 1. The standard InChI is InChI=1S/C23H45NO4/c1-9-13-14-19(10-2)16-24(23(26)28-12-4)21(18(7)8)15-20(17(5)6)22(25)27-11-3/h17-21H,9-16H2,1-8H3. The summed E-state index contributed by atoms with van der Waals surface area (Å²) in [6, 6.07) is -0.0495. The van der Waals surface area contributed by atoms with E-state index in [0.29, 0.717) is 32.1 Å². The van der Waals surface area contributed by atoms with Gasteiger partial charge in [0.05, 0.1) is 19.1 Å². The molecule has 0 saturated carbocycles. The molecular formula is C23H45NO4. The molecule has 0 radical (unpaired) electrons. The summed E-state index contributed by atoms with van der Waals surface area (Å²) >= 11 is 0. The SMILES string of the molecule is CCCCC(CC)CN(C(=O)OCC)C(CC(C(=O)OCC)C(C)C)C(C)C. The number of amides is 1. The molecule has 28 heavy (non-hydrogen) atoms. The molecular weight excluding hydrogens is 354 g/mol. The van der Waals surface area contributed by atoms with Crippen LogP contribution >= 0.6 is 0 Å². The third-order valence-corrected chi connectivity index (χ3v) is 5.56. The average molecular weight is 400 g/mol. The van der Waals surface area contributed by atoms with Crippen LogP contribution in [-0.4, -0.2) is 42.8 Å². The van der Waals surface area contributed by atoms with Crippen molar-refractivity contribution in [3.05, 3.63) is 0 Å². The molecule has 3 unspecified atom stereocenters. The van der Waals surface area contributed by atoms with Gasteiger partial charge < -0.3 is 14.4 Å². The second kappa shape index (κ2) is 14.7. The number of unbranched alkanes of at least 4 members (excludes halogenated alkanes) is 1. The van der Waals surface area contributed by atoms with Crippen molar-refractivity contribution >= 4 is 12.1 Å². The summed E-state index contributed by atoms with van der Waals surface area (Å²) in [7, 11) is 0. The molecule has 166 valence electrons. The van der Waals surface area contributed by atoms with Crippen LogP contribution < -0.4 is 0 Å². The summed E-state index contributed by atoms with van der Waals surface area (Å²) < 4.78 is 10.7. The molecule has 0 bridgehead atoms. The van der Waals surface area contributed by atoms with E-state index in [1.807, 2.05) is 32.6 Å². The van der Waals surface area contributed by atoms with Crippen LogP contribution in [0.25, 0.3) is 0 Å². The Hall–Kier alpha value is -1.26. The molecule has 0 aromatic heterocycles. The van der Waals surface area contributed by atoms with Gasteiger partial charge in [-0.2, -0.15) is 0 Å². The maximum absolute atomic E-state index is 12.8. The second-order valence-corrected chi connectivity index (χ2v) is 8.42. The highest BCUT2D eigenvalue weighted by Crippen LogP contribution is 2.28. The van der Waals surface area contributed by atoms with Crippen LogP contribution in [0.4, 0.5) is 4.79 Å². The fourth-order valence-corrected chi connectivity index (χ4v) is 3.66. The van der Waals surface area contributed by atoms with Gasteiger partial charge in [-0.05, 0) is 44.4 Å². The normalized spacial score (nSPS) is 14.6. The molecule has 3 atom stereocenters. The minimum atomic E-state index is -0.262. The second-order valence-electron chi connectivity index (χ2n) is 8.42. The zero-order chi connectivity index (χ0) is 21.7. The summed E-state index contributed by atoms with van der Waals surface area (Å²) in [5.41, 5.74) is 0. The van der Waals surface area contributed by atoms with Crippen molar-refractivity contribution in [1.29, 1.82) is 0 Å². The fraction of sp³-hybridized carbons (Fsp3) is 0.913. The molecule has 0 aliphatic heterocycles. The van der Waals surface area contributed by atoms with Crippen LogP contribution in [0.1, 0.15) is 87.5 Å². The van der Waals surface area contributed by atoms with Crippen LogP contribution in [0.5, 0.6) is 0 Å². The Labute approximate surface area is 173 Å². The van der Waals surface area contributed by atoms with Gasteiger partial charge in [-0.25, -0.2) is 4.79 Å². The number of carbonyl (C=O) groups is 2. The molecule has 0 N–H and O–H groups in total. The zero-order valence-corrected chi connectivity index (χ0v) is 19.6. The fourth-order valence-electron chi connectivity index (χ4n) is 3.66. The Morgan fingerprint density at radius 3 is 1.93 bits per heavy atom. The van der Waals surface area contributed by atoms with Crippen LogP contribution in [0.2, 0.25) is 0 Å². The highest BCUT2D eigenvalue weighted by atomic mass is 16.6. The molecule has 5 nitrogen and oxygen atoms in total. The first-order valence-corrected chi connectivity index (χ1v) is 11.3. The van der Waals surface area contributed by atoms with E-state index in [-0.39, 0.29) is 35.9 Å². The van der Waals surface area contributed by atoms with Crippen molar-refractivity contribution in [1.82, 2.24) is 4.90 Å². The van der Waals surface area contributed by atoms with Gasteiger partial charge in [0, 0.05) is 12.6 Å². The third kappa shape index (κ3) is 9.29. The first-order valence-electron chi connectivity index (χ1n) is 11.3. The summed E-state index contributed by atoms with van der Waals surface area (Å²) in [6.45, 7) is 17.8. The average Bonchev–Trinajstić information content (AvgIpc) is 2.63. The molecule has 0 aliphatic rings. The maximum Gasteiger partial charge on any atom is 0.410 e. The molecule has 0 heterocycles. The Morgan fingerprint density at radius 2 is 1.50 bits per heavy atom. The van der Waals surface area contributed by atoms with Crippen molar-refractivity contribution in [2.75, 3.05) is 19.8 Å². The molecule has 0 saturated heterocycles. The van der Waals surface area contributed by atoms with Crippen molar-refractivity contribution in [2.24, 2.45) is 23.7 Å². The van der Waals surface area contributed by atoms with E-state index in [1.165, 1.54) is 6.42 Å². The Morgan fingerprint density at radius 1 is 0.893 bits per heavy atom. The van der Waals surface area contributed by atoms with Gasteiger partial charge in [0.2, 0.25) is 0 Å². The van der Waals surface area contributed by atoms with Crippen LogP contribution in [0, 0.1) is 23.7 Å². The lowest BCUT2D eigenvalue weighted by atomic mass is 9.84. The Balaban J connectivity index is 5.63. The highest BCUT2D eigenvalue weighted by molar-refractivity contribution is 5.73. The van der Waals surface area contributed by atoms with Gasteiger partial charge in [-0.1, -0.05) is 60.8 Å². The molecule has 0 aromatic rings. The largest absolute Gasteiger partial charge is 0.466 e. The molecule has 5 heteroatoms. The van der Waals surface area contributed by atoms with Gasteiger partial charge in [-0.3, -0.25) is 4.79 Å². The predicted octanol–water partition coefficient (Wildman–Crippen LogP) is 5.91. The molecule has 0 aliphatic carbocycles. The molecule has 0 aromatic carbocycles. The quantitative estimate of drug-likeness (QED) is 0.341. The topological polar surface area (TPSA) is 55.8 Å². The van der Waals surface area contributed by atoms with Gasteiger partial charge in [0.25, 0.3) is 0 Å². The van der Waals surface area contributed by atoms with Crippen LogP contribution in [0.3, 0.4) is 0 Å². The van der Waals surface area contributed by atoms with E-state index in [4.69, 9.17) is 9.47 Å². The molecule has 0 fully saturated rings. The van der Waals surface area contributed by atoms with E-state index >= 15 is 0 Å². The van der Waals surface area contributed by atoms with Crippen LogP contribution in [0.15, 0.2) is 0 Å². The summed E-state index contributed by atoms with van der Waals surface area (Å²) in [4.78, 5) is 27.3. The van der Waals surface area contributed by atoms with E-state index in [9.17, 15) is 9.59 Å². The van der Waals surface area contributed by atoms with E-state index in [2.05, 4.69) is 27.7 Å². The highest BCUT2D eigenvalue weighted by Gasteiger charge is 2.35. The number of hydrogen-bond donors (Lipinski definition) is 0. The van der Waals surface area contributed by atoms with Crippen molar-refractivity contribution < 1.29 is 19.1 Å². The monoisotopic (exact) mass is 399 g/mol. The molecule has 0 spiro atoms. The zero-order valence-electron chi connectivity index (χ0n) is 19.6. The number of hydrogen-bond acceptors (Lipinski definition) is 4. The first kappa shape index (κ1) is 26.7. The van der Waals surface area contributed by atoms with Gasteiger partial charge in [-0.15, -0.1) is 0 Å². The summed E-state index contributed by atoms with van der Waals surface area (Å²) in [5, 5.41) is 0. The van der Waals surface area contributed by atoms with Gasteiger partial charge in [0.1, 0.15) is 0 Å². The third-order valence-electron chi connectivity index (χ3n) is 5.56. The number of ether oxygens (including phenoxy) is 2. The maximum atomic E-state index is 12.8. The van der Waals surface area contributed by atoms with E-state index < -0.39 is 0 Å². The lowest BCUT2D eigenvalue weighted by Gasteiger charge is -2.38. The number of rotatable bonds is 14. The molecule has 1 amide bonds. The molecule has 0 rings (SSSR count). The van der Waals surface area contributed by atoms with Crippen molar-refractivity contribution in [3.63, 3.8) is 0 Å². The minimum Gasteiger partial charge on any atom is -0.466 e. The van der Waals surface area contributed by atoms with Crippen molar-refractivity contribution in [3.8, 4) is 0 Å². The summed E-state index contributed by atoms with van der Waals surface area (Å²) in [5.74, 6) is 0.450. The lowest BCUT2D eigenvalue weighted by molar-refractivity contribution is -0.150. The van der Waals surface area contributed by atoms with E-state index in [1.54, 1.807) is 0 Å². The van der Waals surface area contributed by atoms with Gasteiger partial charge in [0.15, 0.2) is 0 Å². The Bertz CT molecular complexity index is 436. The van der Waals surface area contributed by atoms with Gasteiger partial charge >= 0.3 is 12.1 Å². The lowest BCUT2D eigenvalue weighted by Crippen LogP contribution is -2.48. The number of esters is 1. The Kier molecular flexibility index (Phi) is 14.0.